The Morgan fingerprint density at radius 3 is 2.50 bits per heavy atom. The first-order valence-electron chi connectivity index (χ1n) is 7.58. The lowest BCUT2D eigenvalue weighted by molar-refractivity contribution is -0.137. The summed E-state index contributed by atoms with van der Waals surface area (Å²) < 4.78 is 10.3. The van der Waals surface area contributed by atoms with Crippen molar-refractivity contribution in [2.45, 2.75) is 12.8 Å². The van der Waals surface area contributed by atoms with Crippen molar-refractivity contribution in [3.05, 3.63) is 59.7 Å². The standard InChI is InChI=1S/C19H20O5/c1-23-18-13-17(21)10-6-15(18)7-11-19(22)24-12-2-3-14-4-8-16(20)9-5-14/h4-11,13,20-21H,2-3,12H2,1H3/b11-7+. The molecule has 0 aliphatic heterocycles. The summed E-state index contributed by atoms with van der Waals surface area (Å²) in [5.41, 5.74) is 1.75. The highest BCUT2D eigenvalue weighted by Gasteiger charge is 2.03. The molecule has 0 atom stereocenters. The fourth-order valence-electron chi connectivity index (χ4n) is 2.16. The minimum absolute atomic E-state index is 0.0980. The lowest BCUT2D eigenvalue weighted by atomic mass is 10.1. The molecule has 0 saturated carbocycles. The van der Waals surface area contributed by atoms with E-state index in [4.69, 9.17) is 9.47 Å². The molecule has 0 heterocycles. The molecule has 2 rings (SSSR count). The summed E-state index contributed by atoms with van der Waals surface area (Å²) in [4.78, 5) is 11.7. The van der Waals surface area contributed by atoms with Crippen molar-refractivity contribution < 1.29 is 24.5 Å². The summed E-state index contributed by atoms with van der Waals surface area (Å²) in [5, 5.41) is 18.6. The van der Waals surface area contributed by atoms with Gasteiger partial charge in [0.1, 0.15) is 17.2 Å². The molecule has 0 amide bonds. The molecule has 0 aliphatic rings. The second kappa shape index (κ2) is 8.62. The first kappa shape index (κ1) is 17.4. The van der Waals surface area contributed by atoms with E-state index in [0.717, 1.165) is 12.0 Å². The van der Waals surface area contributed by atoms with Gasteiger partial charge in [0.25, 0.3) is 0 Å². The fourth-order valence-corrected chi connectivity index (χ4v) is 2.16. The predicted octanol–water partition coefficient (Wildman–Crippen LogP) is 3.30. The first-order valence-corrected chi connectivity index (χ1v) is 7.58. The predicted molar refractivity (Wildman–Crippen MR) is 91.1 cm³/mol. The van der Waals surface area contributed by atoms with Crippen LogP contribution in [-0.4, -0.2) is 29.9 Å². The number of carbonyl (C=O) groups is 1. The van der Waals surface area contributed by atoms with Crippen molar-refractivity contribution in [1.29, 1.82) is 0 Å². The number of methoxy groups -OCH3 is 1. The summed E-state index contributed by atoms with van der Waals surface area (Å²) in [6.45, 7) is 0.316. The zero-order chi connectivity index (χ0) is 17.4. The van der Waals surface area contributed by atoms with Crippen molar-refractivity contribution in [1.82, 2.24) is 0 Å². The highest BCUT2D eigenvalue weighted by Crippen LogP contribution is 2.24. The summed E-state index contributed by atoms with van der Waals surface area (Å²) in [7, 11) is 1.49. The van der Waals surface area contributed by atoms with Crippen LogP contribution in [0.3, 0.4) is 0 Å². The molecule has 0 bridgehead atoms. The van der Waals surface area contributed by atoms with Crippen LogP contribution in [0.15, 0.2) is 48.5 Å². The van der Waals surface area contributed by atoms with Gasteiger partial charge < -0.3 is 19.7 Å². The third-order valence-corrected chi connectivity index (χ3v) is 3.41. The Labute approximate surface area is 140 Å². The van der Waals surface area contributed by atoms with Crippen molar-refractivity contribution >= 4 is 12.0 Å². The molecule has 126 valence electrons. The number of esters is 1. The number of phenolic OH excluding ortho intramolecular Hbond substituents is 2. The number of aromatic hydroxyl groups is 2. The number of carbonyl (C=O) groups excluding carboxylic acids is 1. The number of rotatable bonds is 7. The molecule has 2 aromatic rings. The Balaban J connectivity index is 1.78. The Morgan fingerprint density at radius 1 is 1.08 bits per heavy atom. The molecule has 0 aliphatic carbocycles. The molecule has 2 N–H and O–H groups in total. The van der Waals surface area contributed by atoms with Gasteiger partial charge in [0.15, 0.2) is 0 Å². The SMILES string of the molecule is COc1cc(O)ccc1/C=C/C(=O)OCCCc1ccc(O)cc1. The number of hydrogen-bond donors (Lipinski definition) is 2. The van der Waals surface area contributed by atoms with Gasteiger partial charge in [0.2, 0.25) is 0 Å². The van der Waals surface area contributed by atoms with Gasteiger partial charge in [-0.15, -0.1) is 0 Å². The number of benzene rings is 2. The van der Waals surface area contributed by atoms with Gasteiger partial charge in [-0.3, -0.25) is 0 Å². The maximum atomic E-state index is 11.7. The van der Waals surface area contributed by atoms with E-state index in [9.17, 15) is 15.0 Å². The molecule has 0 fully saturated rings. The summed E-state index contributed by atoms with van der Waals surface area (Å²) >= 11 is 0. The van der Waals surface area contributed by atoms with E-state index in [0.29, 0.717) is 24.3 Å². The molecule has 5 heteroatoms. The summed E-state index contributed by atoms with van der Waals surface area (Å²) in [6, 6.07) is 11.6. The lowest BCUT2D eigenvalue weighted by Gasteiger charge is -2.05. The molecular weight excluding hydrogens is 308 g/mol. The maximum Gasteiger partial charge on any atom is 0.330 e. The van der Waals surface area contributed by atoms with E-state index in [-0.39, 0.29) is 11.5 Å². The molecule has 0 saturated heterocycles. The molecule has 0 aromatic heterocycles. The molecule has 0 unspecified atom stereocenters. The van der Waals surface area contributed by atoms with Crippen LogP contribution in [0.4, 0.5) is 0 Å². The van der Waals surface area contributed by atoms with Gasteiger partial charge in [0.05, 0.1) is 13.7 Å². The van der Waals surface area contributed by atoms with E-state index in [1.807, 2.05) is 12.1 Å². The zero-order valence-electron chi connectivity index (χ0n) is 13.4. The number of hydrogen-bond acceptors (Lipinski definition) is 5. The second-order valence-electron chi connectivity index (χ2n) is 5.20. The van der Waals surface area contributed by atoms with E-state index in [1.165, 1.54) is 25.3 Å². The number of ether oxygens (including phenoxy) is 2. The summed E-state index contributed by atoms with van der Waals surface area (Å²) in [5.74, 6) is 0.378. The van der Waals surface area contributed by atoms with Crippen molar-refractivity contribution in [2.24, 2.45) is 0 Å². The topological polar surface area (TPSA) is 76.0 Å². The number of phenols is 2. The van der Waals surface area contributed by atoms with Crippen LogP contribution in [0.1, 0.15) is 17.5 Å². The third kappa shape index (κ3) is 5.35. The van der Waals surface area contributed by atoms with Crippen LogP contribution in [0.5, 0.6) is 17.2 Å². The maximum absolute atomic E-state index is 11.7. The zero-order valence-corrected chi connectivity index (χ0v) is 13.4. The average molecular weight is 328 g/mol. The van der Waals surface area contributed by atoms with Crippen LogP contribution in [0.25, 0.3) is 6.08 Å². The van der Waals surface area contributed by atoms with Crippen LogP contribution >= 0.6 is 0 Å². The Morgan fingerprint density at radius 2 is 1.79 bits per heavy atom. The van der Waals surface area contributed by atoms with E-state index in [2.05, 4.69) is 0 Å². The van der Waals surface area contributed by atoms with Gasteiger partial charge >= 0.3 is 5.97 Å². The lowest BCUT2D eigenvalue weighted by Crippen LogP contribution is -2.03. The molecular formula is C19H20O5. The Hall–Kier alpha value is -2.95. The van der Waals surface area contributed by atoms with Gasteiger partial charge in [-0.2, -0.15) is 0 Å². The van der Waals surface area contributed by atoms with Gasteiger partial charge in [-0.1, -0.05) is 12.1 Å². The van der Waals surface area contributed by atoms with Crippen LogP contribution in [0, 0.1) is 0 Å². The molecule has 0 spiro atoms. The average Bonchev–Trinajstić information content (AvgIpc) is 2.59. The van der Waals surface area contributed by atoms with Gasteiger partial charge in [-0.05, 0) is 48.7 Å². The molecule has 0 radical (unpaired) electrons. The molecule has 5 nitrogen and oxygen atoms in total. The normalized spacial score (nSPS) is 10.7. The van der Waals surface area contributed by atoms with Crippen molar-refractivity contribution in [3.63, 3.8) is 0 Å². The van der Waals surface area contributed by atoms with Crippen molar-refractivity contribution in [2.75, 3.05) is 13.7 Å². The quantitative estimate of drug-likeness (QED) is 0.463. The minimum atomic E-state index is -0.434. The van der Waals surface area contributed by atoms with Gasteiger partial charge in [-0.25, -0.2) is 4.79 Å². The monoisotopic (exact) mass is 328 g/mol. The minimum Gasteiger partial charge on any atom is -0.508 e. The Bertz CT molecular complexity index is 704. The van der Waals surface area contributed by atoms with Gasteiger partial charge in [0, 0.05) is 17.7 Å². The first-order chi connectivity index (χ1) is 11.6. The van der Waals surface area contributed by atoms with Crippen molar-refractivity contribution in [3.8, 4) is 17.2 Å². The van der Waals surface area contributed by atoms with Crippen LogP contribution in [-0.2, 0) is 16.0 Å². The fraction of sp³-hybridized carbons (Fsp3) is 0.211. The molecule has 24 heavy (non-hydrogen) atoms. The number of aryl methyl sites for hydroxylation is 1. The van der Waals surface area contributed by atoms with E-state index < -0.39 is 5.97 Å². The van der Waals surface area contributed by atoms with E-state index in [1.54, 1.807) is 24.3 Å². The third-order valence-electron chi connectivity index (χ3n) is 3.41. The Kier molecular flexibility index (Phi) is 6.25. The van der Waals surface area contributed by atoms with Crippen LogP contribution < -0.4 is 4.74 Å². The largest absolute Gasteiger partial charge is 0.508 e. The smallest absolute Gasteiger partial charge is 0.330 e. The molecule has 2 aromatic carbocycles. The summed E-state index contributed by atoms with van der Waals surface area (Å²) in [6.07, 6.45) is 4.38. The highest BCUT2D eigenvalue weighted by atomic mass is 16.5. The highest BCUT2D eigenvalue weighted by molar-refractivity contribution is 5.87. The van der Waals surface area contributed by atoms with E-state index >= 15 is 0 Å². The second-order valence-corrected chi connectivity index (χ2v) is 5.20. The van der Waals surface area contributed by atoms with Crippen LogP contribution in [0.2, 0.25) is 0 Å².